The molecule has 0 bridgehead atoms. The standard InChI is InChI=1S/C20H21N3O2/c1-22-11-12-23(14-16-9-5-6-10-18(16)22)20(24)17-13-19(25-21-17)15-7-3-2-4-8-15/h2-10,19H,11-14H2,1H3. The van der Waals surface area contributed by atoms with Gasteiger partial charge in [0.05, 0.1) is 0 Å². The molecule has 25 heavy (non-hydrogen) atoms. The van der Waals surface area contributed by atoms with Crippen LogP contribution in [0.4, 0.5) is 5.69 Å². The number of carbonyl (C=O) groups is 1. The maximum atomic E-state index is 12.9. The topological polar surface area (TPSA) is 45.1 Å². The number of hydrogen-bond acceptors (Lipinski definition) is 4. The summed E-state index contributed by atoms with van der Waals surface area (Å²) in [6.45, 7) is 2.09. The van der Waals surface area contributed by atoms with Gasteiger partial charge >= 0.3 is 0 Å². The summed E-state index contributed by atoms with van der Waals surface area (Å²) in [4.78, 5) is 22.5. The zero-order valence-electron chi connectivity index (χ0n) is 14.3. The first-order valence-electron chi connectivity index (χ1n) is 8.58. The largest absolute Gasteiger partial charge is 0.387 e. The maximum absolute atomic E-state index is 12.9. The molecule has 0 saturated carbocycles. The van der Waals surface area contributed by atoms with Crippen molar-refractivity contribution in [1.82, 2.24) is 4.90 Å². The summed E-state index contributed by atoms with van der Waals surface area (Å²) in [7, 11) is 2.06. The van der Waals surface area contributed by atoms with Gasteiger partial charge in [-0.05, 0) is 17.2 Å². The number of anilines is 1. The summed E-state index contributed by atoms with van der Waals surface area (Å²) in [5.41, 5.74) is 3.91. The van der Waals surface area contributed by atoms with Gasteiger partial charge in [-0.25, -0.2) is 0 Å². The second-order valence-corrected chi connectivity index (χ2v) is 6.52. The van der Waals surface area contributed by atoms with Crippen molar-refractivity contribution in [2.24, 2.45) is 5.16 Å². The fourth-order valence-corrected chi connectivity index (χ4v) is 3.40. The molecule has 4 rings (SSSR count). The van der Waals surface area contributed by atoms with Crippen LogP contribution in [-0.2, 0) is 16.2 Å². The quantitative estimate of drug-likeness (QED) is 0.847. The lowest BCUT2D eigenvalue weighted by Crippen LogP contribution is -2.38. The van der Waals surface area contributed by atoms with Crippen LogP contribution < -0.4 is 4.90 Å². The molecule has 5 heteroatoms. The Hall–Kier alpha value is -2.82. The van der Waals surface area contributed by atoms with Gasteiger partial charge in [-0.2, -0.15) is 0 Å². The first kappa shape index (κ1) is 15.7. The Bertz CT molecular complexity index is 804. The van der Waals surface area contributed by atoms with E-state index >= 15 is 0 Å². The van der Waals surface area contributed by atoms with E-state index in [1.165, 1.54) is 5.69 Å². The smallest absolute Gasteiger partial charge is 0.272 e. The number of hydrogen-bond donors (Lipinski definition) is 0. The van der Waals surface area contributed by atoms with E-state index in [2.05, 4.69) is 29.2 Å². The molecule has 0 saturated heterocycles. The third kappa shape index (κ3) is 3.09. The Morgan fingerprint density at radius 2 is 1.84 bits per heavy atom. The van der Waals surface area contributed by atoms with Gasteiger partial charge in [0.2, 0.25) is 0 Å². The molecule has 2 aliphatic rings. The van der Waals surface area contributed by atoms with Gasteiger partial charge in [-0.1, -0.05) is 53.7 Å². The van der Waals surface area contributed by atoms with Gasteiger partial charge in [0.1, 0.15) is 5.71 Å². The summed E-state index contributed by atoms with van der Waals surface area (Å²) in [6, 6.07) is 18.2. The van der Waals surface area contributed by atoms with Crippen LogP contribution in [0.25, 0.3) is 0 Å². The van der Waals surface area contributed by atoms with E-state index in [0.717, 1.165) is 17.7 Å². The van der Waals surface area contributed by atoms with E-state index in [4.69, 9.17) is 4.84 Å². The van der Waals surface area contributed by atoms with Gasteiger partial charge in [0.25, 0.3) is 5.91 Å². The number of fused-ring (bicyclic) bond motifs is 1. The minimum absolute atomic E-state index is 0.0245. The van der Waals surface area contributed by atoms with Crippen LogP contribution >= 0.6 is 0 Å². The molecule has 1 unspecified atom stereocenters. The molecule has 0 spiro atoms. The lowest BCUT2D eigenvalue weighted by atomic mass is 10.0. The van der Waals surface area contributed by atoms with Crippen LogP contribution in [0.3, 0.4) is 0 Å². The molecule has 2 aromatic carbocycles. The number of nitrogens with zero attached hydrogens (tertiary/aromatic N) is 3. The molecule has 2 aromatic rings. The summed E-state index contributed by atoms with van der Waals surface area (Å²) >= 11 is 0. The number of benzene rings is 2. The van der Waals surface area contributed by atoms with E-state index in [-0.39, 0.29) is 12.0 Å². The average Bonchev–Trinajstić information content (AvgIpc) is 3.09. The highest BCUT2D eigenvalue weighted by atomic mass is 16.6. The van der Waals surface area contributed by atoms with Crippen LogP contribution in [-0.4, -0.2) is 36.7 Å². The zero-order chi connectivity index (χ0) is 17.2. The predicted molar refractivity (Wildman–Crippen MR) is 97.4 cm³/mol. The van der Waals surface area contributed by atoms with Crippen molar-refractivity contribution in [1.29, 1.82) is 0 Å². The van der Waals surface area contributed by atoms with E-state index < -0.39 is 0 Å². The molecule has 5 nitrogen and oxygen atoms in total. The van der Waals surface area contributed by atoms with Crippen molar-refractivity contribution in [3.05, 3.63) is 65.7 Å². The minimum atomic E-state index is -0.165. The third-order valence-electron chi connectivity index (χ3n) is 4.84. The van der Waals surface area contributed by atoms with Crippen molar-refractivity contribution >= 4 is 17.3 Å². The van der Waals surface area contributed by atoms with Gasteiger partial charge in [-0.15, -0.1) is 0 Å². The van der Waals surface area contributed by atoms with Crippen molar-refractivity contribution in [2.45, 2.75) is 19.1 Å². The van der Waals surface area contributed by atoms with Crippen molar-refractivity contribution in [3.63, 3.8) is 0 Å². The number of para-hydroxylation sites is 1. The Morgan fingerprint density at radius 1 is 1.08 bits per heavy atom. The van der Waals surface area contributed by atoms with Crippen LogP contribution in [0.1, 0.15) is 23.7 Å². The van der Waals surface area contributed by atoms with Crippen molar-refractivity contribution < 1.29 is 9.63 Å². The minimum Gasteiger partial charge on any atom is -0.387 e. The number of rotatable bonds is 2. The summed E-state index contributed by atoms with van der Waals surface area (Å²) in [5.74, 6) is -0.0245. The van der Waals surface area contributed by atoms with Gasteiger partial charge < -0.3 is 14.6 Å². The van der Waals surface area contributed by atoms with Gasteiger partial charge in [-0.3, -0.25) is 4.79 Å². The molecule has 128 valence electrons. The fourth-order valence-electron chi connectivity index (χ4n) is 3.40. The first-order valence-corrected chi connectivity index (χ1v) is 8.58. The molecule has 0 radical (unpaired) electrons. The zero-order valence-corrected chi connectivity index (χ0v) is 14.3. The number of likely N-dealkylation sites (N-methyl/N-ethyl adjacent to an activating group) is 1. The maximum Gasteiger partial charge on any atom is 0.272 e. The van der Waals surface area contributed by atoms with E-state index in [9.17, 15) is 4.79 Å². The highest BCUT2D eigenvalue weighted by molar-refractivity contribution is 6.39. The van der Waals surface area contributed by atoms with Gasteiger partial charge in [0, 0.05) is 38.8 Å². The second-order valence-electron chi connectivity index (χ2n) is 6.52. The second kappa shape index (κ2) is 6.59. The van der Waals surface area contributed by atoms with Crippen LogP contribution in [0, 0.1) is 0 Å². The molecule has 0 N–H and O–H groups in total. The molecule has 0 fully saturated rings. The normalized spacial score (nSPS) is 19.7. The molecular formula is C20H21N3O2. The average molecular weight is 335 g/mol. The van der Waals surface area contributed by atoms with Gasteiger partial charge in [0.15, 0.2) is 6.10 Å². The lowest BCUT2D eigenvalue weighted by molar-refractivity contribution is -0.124. The van der Waals surface area contributed by atoms with E-state index in [0.29, 0.717) is 25.2 Å². The van der Waals surface area contributed by atoms with E-state index in [1.54, 1.807) is 0 Å². The molecule has 0 aliphatic carbocycles. The lowest BCUT2D eigenvalue weighted by Gasteiger charge is -2.20. The van der Waals surface area contributed by atoms with Crippen LogP contribution in [0.2, 0.25) is 0 Å². The number of oxime groups is 1. The summed E-state index contributed by atoms with van der Waals surface area (Å²) in [5, 5.41) is 4.09. The molecule has 0 aromatic heterocycles. The number of carbonyl (C=O) groups excluding carboxylic acids is 1. The Balaban J connectivity index is 1.49. The summed E-state index contributed by atoms with van der Waals surface area (Å²) in [6.07, 6.45) is 0.360. The molecule has 1 amide bonds. The third-order valence-corrected chi connectivity index (χ3v) is 4.84. The Labute approximate surface area is 147 Å². The highest BCUT2D eigenvalue weighted by Crippen LogP contribution is 2.29. The summed E-state index contributed by atoms with van der Waals surface area (Å²) < 4.78 is 0. The van der Waals surface area contributed by atoms with E-state index in [1.807, 2.05) is 47.4 Å². The van der Waals surface area contributed by atoms with Crippen molar-refractivity contribution in [2.75, 3.05) is 25.0 Å². The molecule has 1 atom stereocenters. The van der Waals surface area contributed by atoms with Crippen LogP contribution in [0.5, 0.6) is 0 Å². The fraction of sp³-hybridized carbons (Fsp3) is 0.300. The Kier molecular flexibility index (Phi) is 4.14. The number of amides is 1. The Morgan fingerprint density at radius 3 is 2.68 bits per heavy atom. The van der Waals surface area contributed by atoms with Crippen molar-refractivity contribution in [3.8, 4) is 0 Å². The SMILES string of the molecule is CN1CCN(C(=O)C2=NOC(c3ccccc3)C2)Cc2ccccc21. The highest BCUT2D eigenvalue weighted by Gasteiger charge is 2.31. The molecule has 2 heterocycles. The first-order chi connectivity index (χ1) is 12.2. The van der Waals surface area contributed by atoms with Crippen LogP contribution in [0.15, 0.2) is 59.8 Å². The molecular weight excluding hydrogens is 314 g/mol. The monoisotopic (exact) mass is 335 g/mol. The molecule has 2 aliphatic heterocycles. The predicted octanol–water partition coefficient (Wildman–Crippen LogP) is 2.98.